The number of nitrogens with zero attached hydrogens (tertiary/aromatic N) is 5. The van der Waals surface area contributed by atoms with Crippen LogP contribution in [0.1, 0.15) is 39.8 Å². The molecular weight excluding hydrogens is 382 g/mol. The summed E-state index contributed by atoms with van der Waals surface area (Å²) < 4.78 is 1.75. The molecule has 1 fully saturated rings. The van der Waals surface area contributed by atoms with Crippen LogP contribution in [-0.2, 0) is 7.05 Å². The zero-order valence-corrected chi connectivity index (χ0v) is 17.2. The van der Waals surface area contributed by atoms with Gasteiger partial charge in [-0.1, -0.05) is 12.1 Å². The molecule has 7 heteroatoms. The van der Waals surface area contributed by atoms with E-state index in [0.717, 1.165) is 52.1 Å². The van der Waals surface area contributed by atoms with Gasteiger partial charge in [-0.2, -0.15) is 5.10 Å². The Morgan fingerprint density at radius 3 is 2.93 bits per heavy atom. The van der Waals surface area contributed by atoms with E-state index in [1.54, 1.807) is 22.2 Å². The SMILES string of the molecule is Cc1ccc2c(C(=O)N3CCCC3c3nccs3)cc(-c3cnn(C)c3)nc2c1. The lowest BCUT2D eigenvalue weighted by molar-refractivity contribution is 0.0737. The summed E-state index contributed by atoms with van der Waals surface area (Å²) in [7, 11) is 1.88. The Labute approximate surface area is 172 Å². The van der Waals surface area contributed by atoms with Crippen molar-refractivity contribution in [2.45, 2.75) is 25.8 Å². The van der Waals surface area contributed by atoms with Crippen LogP contribution in [0, 0.1) is 6.92 Å². The second kappa shape index (κ2) is 7.08. The Morgan fingerprint density at radius 2 is 2.17 bits per heavy atom. The fourth-order valence-corrected chi connectivity index (χ4v) is 4.82. The van der Waals surface area contributed by atoms with Gasteiger partial charge >= 0.3 is 0 Å². The van der Waals surface area contributed by atoms with E-state index >= 15 is 0 Å². The molecule has 6 nitrogen and oxygen atoms in total. The molecule has 5 rings (SSSR count). The van der Waals surface area contributed by atoms with Crippen LogP contribution in [0.2, 0.25) is 0 Å². The van der Waals surface area contributed by atoms with Crippen molar-refractivity contribution in [1.29, 1.82) is 0 Å². The summed E-state index contributed by atoms with van der Waals surface area (Å²) in [5, 5.41) is 8.14. The number of carbonyl (C=O) groups is 1. The Morgan fingerprint density at radius 1 is 1.28 bits per heavy atom. The molecule has 1 saturated heterocycles. The molecule has 1 amide bonds. The average Bonchev–Trinajstić information content (AvgIpc) is 3.47. The Balaban J connectivity index is 1.64. The highest BCUT2D eigenvalue weighted by atomic mass is 32.1. The second-order valence-electron chi connectivity index (χ2n) is 7.51. The molecule has 146 valence electrons. The third kappa shape index (κ3) is 3.21. The van der Waals surface area contributed by atoms with Crippen molar-refractivity contribution in [2.75, 3.05) is 6.54 Å². The van der Waals surface area contributed by atoms with E-state index in [1.807, 2.05) is 60.9 Å². The summed E-state index contributed by atoms with van der Waals surface area (Å²) >= 11 is 1.62. The van der Waals surface area contributed by atoms with Crippen molar-refractivity contribution in [3.05, 3.63) is 64.4 Å². The van der Waals surface area contributed by atoms with E-state index in [0.29, 0.717) is 5.56 Å². The third-order valence-electron chi connectivity index (χ3n) is 5.45. The van der Waals surface area contributed by atoms with E-state index in [4.69, 9.17) is 4.98 Å². The maximum absolute atomic E-state index is 13.7. The summed E-state index contributed by atoms with van der Waals surface area (Å²) in [6.45, 7) is 2.79. The van der Waals surface area contributed by atoms with Gasteiger partial charge < -0.3 is 4.90 Å². The van der Waals surface area contributed by atoms with Gasteiger partial charge in [-0.15, -0.1) is 11.3 Å². The summed E-state index contributed by atoms with van der Waals surface area (Å²) in [6.07, 6.45) is 7.47. The molecule has 3 aromatic heterocycles. The van der Waals surface area contributed by atoms with E-state index < -0.39 is 0 Å². The molecule has 0 spiro atoms. The van der Waals surface area contributed by atoms with E-state index in [1.165, 1.54) is 0 Å². The van der Waals surface area contributed by atoms with Crippen molar-refractivity contribution >= 4 is 28.1 Å². The van der Waals surface area contributed by atoms with E-state index in [9.17, 15) is 4.79 Å². The van der Waals surface area contributed by atoms with Gasteiger partial charge in [0.25, 0.3) is 5.91 Å². The Bertz CT molecular complexity index is 1200. The fourth-order valence-electron chi connectivity index (χ4n) is 4.04. The number of aryl methyl sites for hydroxylation is 2. The number of benzene rings is 1. The van der Waals surface area contributed by atoms with Crippen LogP contribution in [-0.4, -0.2) is 37.1 Å². The minimum atomic E-state index is 0.0455. The number of hydrogen-bond donors (Lipinski definition) is 0. The maximum Gasteiger partial charge on any atom is 0.255 e. The zero-order valence-electron chi connectivity index (χ0n) is 16.4. The summed E-state index contributed by atoms with van der Waals surface area (Å²) in [5.41, 5.74) is 4.32. The molecule has 4 heterocycles. The van der Waals surface area contributed by atoms with Crippen LogP contribution in [0.4, 0.5) is 0 Å². The number of carbonyl (C=O) groups excluding carboxylic acids is 1. The Hall–Kier alpha value is -3.06. The smallest absolute Gasteiger partial charge is 0.255 e. The lowest BCUT2D eigenvalue weighted by Gasteiger charge is -2.24. The van der Waals surface area contributed by atoms with Gasteiger partial charge in [-0.3, -0.25) is 9.48 Å². The van der Waals surface area contributed by atoms with Crippen molar-refractivity contribution in [3.8, 4) is 11.3 Å². The fraction of sp³-hybridized carbons (Fsp3) is 0.273. The van der Waals surface area contributed by atoms with Crippen molar-refractivity contribution in [3.63, 3.8) is 0 Å². The quantitative estimate of drug-likeness (QED) is 0.509. The summed E-state index contributed by atoms with van der Waals surface area (Å²) in [4.78, 5) is 25.0. The standard InChI is InChI=1S/C22H21N5OS/c1-14-5-6-16-17(11-18(25-19(16)10-14)15-12-24-26(2)13-15)22(28)27-8-3-4-20(27)21-23-7-9-29-21/h5-7,9-13,20H,3-4,8H2,1-2H3. The van der Waals surface area contributed by atoms with Gasteiger partial charge in [0.1, 0.15) is 5.01 Å². The number of pyridine rings is 1. The van der Waals surface area contributed by atoms with Gasteiger partial charge in [0.2, 0.25) is 0 Å². The van der Waals surface area contributed by atoms with E-state index in [-0.39, 0.29) is 11.9 Å². The molecule has 1 atom stereocenters. The molecule has 0 bridgehead atoms. The molecule has 0 saturated carbocycles. The van der Waals surface area contributed by atoms with Gasteiger partial charge in [0.05, 0.1) is 29.0 Å². The number of rotatable bonds is 3. The molecular formula is C22H21N5OS. The lowest BCUT2D eigenvalue weighted by Crippen LogP contribution is -2.30. The van der Waals surface area contributed by atoms with Gasteiger partial charge in [-0.05, 0) is 37.5 Å². The zero-order chi connectivity index (χ0) is 20.0. The minimum Gasteiger partial charge on any atom is -0.329 e. The molecule has 1 unspecified atom stereocenters. The Kier molecular flexibility index (Phi) is 4.39. The molecule has 29 heavy (non-hydrogen) atoms. The molecule has 1 aromatic carbocycles. The van der Waals surface area contributed by atoms with Gasteiger partial charge in [0, 0.05) is 42.3 Å². The number of fused-ring (bicyclic) bond motifs is 1. The molecule has 1 aliphatic rings. The highest BCUT2D eigenvalue weighted by molar-refractivity contribution is 7.09. The second-order valence-corrected chi connectivity index (χ2v) is 8.43. The van der Waals surface area contributed by atoms with Crippen molar-refractivity contribution in [1.82, 2.24) is 24.6 Å². The highest BCUT2D eigenvalue weighted by Gasteiger charge is 2.33. The first kappa shape index (κ1) is 18.0. The lowest BCUT2D eigenvalue weighted by atomic mass is 10.0. The predicted octanol–water partition coefficient (Wildman–Crippen LogP) is 4.38. The van der Waals surface area contributed by atoms with Gasteiger partial charge in [-0.25, -0.2) is 9.97 Å². The van der Waals surface area contributed by atoms with E-state index in [2.05, 4.69) is 10.1 Å². The van der Waals surface area contributed by atoms with Crippen LogP contribution in [0.25, 0.3) is 22.2 Å². The average molecular weight is 404 g/mol. The summed E-state index contributed by atoms with van der Waals surface area (Å²) in [5.74, 6) is 0.0455. The third-order valence-corrected chi connectivity index (χ3v) is 6.32. The van der Waals surface area contributed by atoms with Gasteiger partial charge in [0.15, 0.2) is 0 Å². The van der Waals surface area contributed by atoms with Crippen LogP contribution >= 0.6 is 11.3 Å². The number of likely N-dealkylation sites (tertiary alicyclic amines) is 1. The minimum absolute atomic E-state index is 0.0455. The normalized spacial score (nSPS) is 16.6. The van der Waals surface area contributed by atoms with Crippen LogP contribution < -0.4 is 0 Å². The first-order valence-electron chi connectivity index (χ1n) is 9.71. The first-order valence-corrected chi connectivity index (χ1v) is 10.6. The topological polar surface area (TPSA) is 63.9 Å². The maximum atomic E-state index is 13.7. The molecule has 4 aromatic rings. The number of aromatic nitrogens is 4. The van der Waals surface area contributed by atoms with Crippen LogP contribution in [0.15, 0.2) is 48.2 Å². The van der Waals surface area contributed by atoms with Crippen molar-refractivity contribution in [2.24, 2.45) is 7.05 Å². The monoisotopic (exact) mass is 403 g/mol. The predicted molar refractivity (Wildman–Crippen MR) is 114 cm³/mol. The molecule has 0 N–H and O–H groups in total. The number of amides is 1. The van der Waals surface area contributed by atoms with Crippen LogP contribution in [0.3, 0.4) is 0 Å². The molecule has 0 aliphatic carbocycles. The molecule has 0 radical (unpaired) electrons. The highest BCUT2D eigenvalue weighted by Crippen LogP contribution is 2.35. The van der Waals surface area contributed by atoms with Crippen molar-refractivity contribution < 1.29 is 4.79 Å². The number of hydrogen-bond acceptors (Lipinski definition) is 5. The number of thiazole rings is 1. The first-order chi connectivity index (χ1) is 14.1. The summed E-state index contributed by atoms with van der Waals surface area (Å²) in [6, 6.07) is 8.04. The van der Waals surface area contributed by atoms with Crippen LogP contribution in [0.5, 0.6) is 0 Å². The molecule has 1 aliphatic heterocycles. The largest absolute Gasteiger partial charge is 0.329 e.